The van der Waals surface area contributed by atoms with E-state index in [0.29, 0.717) is 24.3 Å². The van der Waals surface area contributed by atoms with Crippen LogP contribution < -0.4 is 5.32 Å². The van der Waals surface area contributed by atoms with E-state index in [2.05, 4.69) is 36.5 Å². The minimum Gasteiger partial charge on any atom is -0.342 e. The van der Waals surface area contributed by atoms with Gasteiger partial charge in [0.25, 0.3) is 0 Å². The fraction of sp³-hybridized carbons (Fsp3) is 0.611. The third-order valence-electron chi connectivity index (χ3n) is 4.66. The Morgan fingerprint density at radius 1 is 1.38 bits per heavy atom. The molecule has 1 fully saturated rings. The lowest BCUT2D eigenvalue weighted by atomic mass is 10.00. The summed E-state index contributed by atoms with van der Waals surface area (Å²) in [5.41, 5.74) is 1.31. The summed E-state index contributed by atoms with van der Waals surface area (Å²) in [7, 11) is 1.96. The predicted octanol–water partition coefficient (Wildman–Crippen LogP) is 2.86. The molecule has 2 rings (SSSR count). The highest BCUT2D eigenvalue weighted by Crippen LogP contribution is 2.17. The van der Waals surface area contributed by atoms with Crippen LogP contribution in [-0.4, -0.2) is 37.0 Å². The molecule has 0 bridgehead atoms. The van der Waals surface area contributed by atoms with Gasteiger partial charge >= 0.3 is 0 Å². The van der Waals surface area contributed by atoms with Crippen molar-refractivity contribution in [1.82, 2.24) is 10.2 Å². The number of hydrogen-bond acceptors (Lipinski definition) is 2. The van der Waals surface area contributed by atoms with Crippen LogP contribution in [-0.2, 0) is 11.2 Å². The highest BCUT2D eigenvalue weighted by molar-refractivity contribution is 5.76. The molecule has 2 atom stereocenters. The molecule has 21 heavy (non-hydrogen) atoms. The third-order valence-corrected chi connectivity index (χ3v) is 4.66. The Morgan fingerprint density at radius 3 is 2.76 bits per heavy atom. The third kappa shape index (κ3) is 4.85. The van der Waals surface area contributed by atoms with Gasteiger partial charge in [-0.15, -0.1) is 0 Å². The molecule has 2 unspecified atom stereocenters. The highest BCUT2D eigenvalue weighted by atomic mass is 16.2. The van der Waals surface area contributed by atoms with Crippen molar-refractivity contribution < 1.29 is 4.79 Å². The van der Waals surface area contributed by atoms with Crippen molar-refractivity contribution in [2.75, 3.05) is 20.1 Å². The van der Waals surface area contributed by atoms with Gasteiger partial charge in [0.1, 0.15) is 0 Å². The number of carbonyl (C=O) groups is 1. The van der Waals surface area contributed by atoms with Crippen LogP contribution in [0, 0.1) is 5.92 Å². The SMILES string of the molecule is CCC(Cc1ccccc1)N(C)C(=O)CCC1CCNC1. The van der Waals surface area contributed by atoms with Gasteiger partial charge in [0, 0.05) is 19.5 Å². The summed E-state index contributed by atoms with van der Waals surface area (Å²) in [4.78, 5) is 14.4. The number of carbonyl (C=O) groups excluding carboxylic acids is 1. The van der Waals surface area contributed by atoms with E-state index in [9.17, 15) is 4.79 Å². The monoisotopic (exact) mass is 288 g/mol. The van der Waals surface area contributed by atoms with E-state index in [1.165, 1.54) is 12.0 Å². The Labute approximate surface area is 128 Å². The van der Waals surface area contributed by atoms with E-state index in [1.807, 2.05) is 18.0 Å². The molecule has 1 aliphatic heterocycles. The number of rotatable bonds is 7. The van der Waals surface area contributed by atoms with Crippen LogP contribution in [0.1, 0.15) is 38.2 Å². The quantitative estimate of drug-likeness (QED) is 0.837. The maximum atomic E-state index is 12.4. The van der Waals surface area contributed by atoms with E-state index >= 15 is 0 Å². The van der Waals surface area contributed by atoms with Crippen LogP contribution in [0.3, 0.4) is 0 Å². The first-order valence-corrected chi connectivity index (χ1v) is 8.21. The molecule has 1 N–H and O–H groups in total. The minimum atomic E-state index is 0.296. The van der Waals surface area contributed by atoms with E-state index in [-0.39, 0.29) is 0 Å². The van der Waals surface area contributed by atoms with Crippen molar-refractivity contribution in [3.63, 3.8) is 0 Å². The Bertz CT molecular complexity index is 426. The van der Waals surface area contributed by atoms with Gasteiger partial charge in [0.15, 0.2) is 0 Å². The van der Waals surface area contributed by atoms with Gasteiger partial charge < -0.3 is 10.2 Å². The summed E-state index contributed by atoms with van der Waals surface area (Å²) >= 11 is 0. The topological polar surface area (TPSA) is 32.3 Å². The van der Waals surface area contributed by atoms with E-state index < -0.39 is 0 Å². The van der Waals surface area contributed by atoms with Gasteiger partial charge in [-0.25, -0.2) is 0 Å². The lowest BCUT2D eigenvalue weighted by molar-refractivity contribution is -0.132. The predicted molar refractivity (Wildman–Crippen MR) is 87.2 cm³/mol. The number of nitrogens with zero attached hydrogens (tertiary/aromatic N) is 1. The molecule has 1 heterocycles. The van der Waals surface area contributed by atoms with Crippen molar-refractivity contribution in [2.45, 2.75) is 45.1 Å². The number of benzene rings is 1. The zero-order valence-electron chi connectivity index (χ0n) is 13.3. The molecule has 3 nitrogen and oxygen atoms in total. The Hall–Kier alpha value is -1.35. The lowest BCUT2D eigenvalue weighted by Crippen LogP contribution is -2.38. The lowest BCUT2D eigenvalue weighted by Gasteiger charge is -2.28. The largest absolute Gasteiger partial charge is 0.342 e. The fourth-order valence-electron chi connectivity index (χ4n) is 3.11. The van der Waals surface area contributed by atoms with Crippen molar-refractivity contribution in [3.8, 4) is 0 Å². The van der Waals surface area contributed by atoms with Gasteiger partial charge in [0.05, 0.1) is 0 Å². The summed E-state index contributed by atoms with van der Waals surface area (Å²) in [6, 6.07) is 10.8. The van der Waals surface area contributed by atoms with Crippen LogP contribution in [0.4, 0.5) is 0 Å². The number of likely N-dealkylation sites (N-methyl/N-ethyl adjacent to an activating group) is 1. The first-order valence-electron chi connectivity index (χ1n) is 8.21. The number of hydrogen-bond donors (Lipinski definition) is 1. The zero-order valence-corrected chi connectivity index (χ0v) is 13.3. The Balaban J connectivity index is 1.83. The summed E-state index contributed by atoms with van der Waals surface area (Å²) in [6.07, 6.45) is 4.89. The maximum absolute atomic E-state index is 12.4. The number of amides is 1. The van der Waals surface area contributed by atoms with Crippen LogP contribution >= 0.6 is 0 Å². The molecule has 1 aromatic carbocycles. The second kappa shape index (κ2) is 8.18. The molecule has 0 aromatic heterocycles. The Morgan fingerprint density at radius 2 is 2.14 bits per heavy atom. The number of nitrogens with one attached hydrogen (secondary N) is 1. The molecule has 116 valence electrons. The van der Waals surface area contributed by atoms with Gasteiger partial charge in [-0.2, -0.15) is 0 Å². The summed E-state index contributed by atoms with van der Waals surface area (Å²) < 4.78 is 0. The molecule has 3 heteroatoms. The minimum absolute atomic E-state index is 0.296. The first kappa shape index (κ1) is 16.0. The normalized spacial score (nSPS) is 19.4. The second-order valence-corrected chi connectivity index (χ2v) is 6.15. The van der Waals surface area contributed by atoms with Gasteiger partial charge in [0.2, 0.25) is 5.91 Å². The molecular weight excluding hydrogens is 260 g/mol. The van der Waals surface area contributed by atoms with Crippen LogP contribution in [0.25, 0.3) is 0 Å². The van der Waals surface area contributed by atoms with Crippen LogP contribution in [0.5, 0.6) is 0 Å². The van der Waals surface area contributed by atoms with Crippen molar-refractivity contribution in [2.24, 2.45) is 5.92 Å². The molecule has 1 amide bonds. The summed E-state index contributed by atoms with van der Waals surface area (Å²) in [6.45, 7) is 4.36. The summed E-state index contributed by atoms with van der Waals surface area (Å²) in [5.74, 6) is 0.987. The van der Waals surface area contributed by atoms with Crippen molar-refractivity contribution in [1.29, 1.82) is 0 Å². The Kier molecular flexibility index (Phi) is 6.24. The maximum Gasteiger partial charge on any atom is 0.222 e. The van der Waals surface area contributed by atoms with Gasteiger partial charge in [-0.05, 0) is 50.3 Å². The van der Waals surface area contributed by atoms with E-state index in [4.69, 9.17) is 0 Å². The zero-order chi connectivity index (χ0) is 15.1. The molecule has 0 aliphatic carbocycles. The second-order valence-electron chi connectivity index (χ2n) is 6.15. The molecule has 0 radical (unpaired) electrons. The van der Waals surface area contributed by atoms with Gasteiger partial charge in [-0.1, -0.05) is 37.3 Å². The van der Waals surface area contributed by atoms with E-state index in [0.717, 1.165) is 32.4 Å². The van der Waals surface area contributed by atoms with Crippen molar-refractivity contribution >= 4 is 5.91 Å². The average Bonchev–Trinajstić information content (AvgIpc) is 3.04. The molecule has 1 saturated heterocycles. The summed E-state index contributed by atoms with van der Waals surface area (Å²) in [5, 5.41) is 3.37. The standard InChI is InChI=1S/C18H28N2O/c1-3-17(13-15-7-5-4-6-8-15)20(2)18(21)10-9-16-11-12-19-14-16/h4-8,16-17,19H,3,9-14H2,1-2H3. The molecule has 0 saturated carbocycles. The molecule has 1 aliphatic rings. The van der Waals surface area contributed by atoms with Crippen molar-refractivity contribution in [3.05, 3.63) is 35.9 Å². The molecule has 1 aromatic rings. The average molecular weight is 288 g/mol. The first-order chi connectivity index (χ1) is 10.2. The van der Waals surface area contributed by atoms with Gasteiger partial charge in [-0.3, -0.25) is 4.79 Å². The van der Waals surface area contributed by atoms with Crippen LogP contribution in [0.2, 0.25) is 0 Å². The fourth-order valence-corrected chi connectivity index (χ4v) is 3.11. The van der Waals surface area contributed by atoms with E-state index in [1.54, 1.807) is 0 Å². The van der Waals surface area contributed by atoms with Crippen LogP contribution in [0.15, 0.2) is 30.3 Å². The highest BCUT2D eigenvalue weighted by Gasteiger charge is 2.21. The molecule has 0 spiro atoms. The molecular formula is C18H28N2O. The smallest absolute Gasteiger partial charge is 0.222 e.